The molecule has 0 spiro atoms. The Kier molecular flexibility index (Phi) is 7.29. The van der Waals surface area contributed by atoms with Gasteiger partial charge in [-0.2, -0.15) is 0 Å². The molecule has 2 unspecified atom stereocenters. The van der Waals surface area contributed by atoms with Crippen LogP contribution in [0.3, 0.4) is 0 Å². The zero-order valence-corrected chi connectivity index (χ0v) is 12.0. The quantitative estimate of drug-likeness (QED) is 0.877. The molecule has 1 aromatic rings. The summed E-state index contributed by atoms with van der Waals surface area (Å²) in [5.74, 6) is 0.219. The number of piperidine rings is 1. The SMILES string of the molecule is Cc1cccc(C2CCNC(C(N)=O)C2)c1.Cl.Cl. The molecule has 1 aromatic carbocycles. The van der Waals surface area contributed by atoms with Crippen LogP contribution >= 0.6 is 24.8 Å². The highest BCUT2D eigenvalue weighted by molar-refractivity contribution is 5.85. The summed E-state index contributed by atoms with van der Waals surface area (Å²) >= 11 is 0. The van der Waals surface area contributed by atoms with Crippen molar-refractivity contribution < 1.29 is 4.79 Å². The van der Waals surface area contributed by atoms with E-state index in [0.29, 0.717) is 5.92 Å². The number of amides is 1. The predicted molar refractivity (Wildman–Crippen MR) is 78.6 cm³/mol. The van der Waals surface area contributed by atoms with Gasteiger partial charge in [0.1, 0.15) is 0 Å². The van der Waals surface area contributed by atoms with Crippen LogP contribution in [0.15, 0.2) is 24.3 Å². The molecule has 0 saturated carbocycles. The number of rotatable bonds is 2. The Morgan fingerprint density at radius 1 is 1.39 bits per heavy atom. The first-order chi connectivity index (χ1) is 7.66. The van der Waals surface area contributed by atoms with Crippen molar-refractivity contribution in [2.75, 3.05) is 6.54 Å². The summed E-state index contributed by atoms with van der Waals surface area (Å²) in [6, 6.07) is 8.34. The van der Waals surface area contributed by atoms with Crippen LogP contribution in [0.5, 0.6) is 0 Å². The number of primary amides is 1. The highest BCUT2D eigenvalue weighted by Gasteiger charge is 2.25. The first-order valence-corrected chi connectivity index (χ1v) is 5.76. The molecule has 0 aliphatic carbocycles. The number of halogens is 2. The van der Waals surface area contributed by atoms with Gasteiger partial charge in [-0.1, -0.05) is 29.8 Å². The van der Waals surface area contributed by atoms with Crippen molar-refractivity contribution in [1.82, 2.24) is 5.32 Å². The number of nitrogens with one attached hydrogen (secondary N) is 1. The molecule has 102 valence electrons. The van der Waals surface area contributed by atoms with E-state index < -0.39 is 0 Å². The Balaban J connectivity index is 0.00000144. The van der Waals surface area contributed by atoms with Gasteiger partial charge in [-0.15, -0.1) is 24.8 Å². The molecule has 5 heteroatoms. The molecule has 1 aliphatic rings. The fourth-order valence-electron chi connectivity index (χ4n) is 2.36. The molecule has 1 amide bonds. The molecule has 0 bridgehead atoms. The molecule has 3 nitrogen and oxygen atoms in total. The maximum absolute atomic E-state index is 11.2. The van der Waals surface area contributed by atoms with Gasteiger partial charge in [0.25, 0.3) is 0 Å². The second kappa shape index (κ2) is 7.62. The largest absolute Gasteiger partial charge is 0.368 e. The van der Waals surface area contributed by atoms with Gasteiger partial charge in [-0.25, -0.2) is 0 Å². The summed E-state index contributed by atoms with van der Waals surface area (Å²) in [5, 5.41) is 3.16. The number of benzene rings is 1. The van der Waals surface area contributed by atoms with E-state index in [9.17, 15) is 4.79 Å². The summed E-state index contributed by atoms with van der Waals surface area (Å²) in [6.07, 6.45) is 1.89. The van der Waals surface area contributed by atoms with E-state index in [1.165, 1.54) is 11.1 Å². The number of hydrogen-bond acceptors (Lipinski definition) is 2. The lowest BCUT2D eigenvalue weighted by atomic mass is 9.86. The van der Waals surface area contributed by atoms with Crippen molar-refractivity contribution in [3.63, 3.8) is 0 Å². The summed E-state index contributed by atoms with van der Waals surface area (Å²) in [6.45, 7) is 2.96. The minimum Gasteiger partial charge on any atom is -0.368 e. The Hall–Kier alpha value is -0.770. The Morgan fingerprint density at radius 2 is 2.11 bits per heavy atom. The van der Waals surface area contributed by atoms with Gasteiger partial charge in [-0.3, -0.25) is 4.79 Å². The van der Waals surface area contributed by atoms with Crippen LogP contribution in [0.25, 0.3) is 0 Å². The van der Waals surface area contributed by atoms with Crippen molar-refractivity contribution in [2.24, 2.45) is 5.73 Å². The summed E-state index contributed by atoms with van der Waals surface area (Å²) in [7, 11) is 0. The number of aryl methyl sites for hydroxylation is 1. The van der Waals surface area contributed by atoms with Crippen LogP contribution in [-0.4, -0.2) is 18.5 Å². The maximum atomic E-state index is 11.2. The summed E-state index contributed by atoms with van der Waals surface area (Å²) in [5.41, 5.74) is 7.93. The molecule has 0 radical (unpaired) electrons. The minimum atomic E-state index is -0.239. The summed E-state index contributed by atoms with van der Waals surface area (Å²) in [4.78, 5) is 11.2. The van der Waals surface area contributed by atoms with Crippen LogP contribution in [0, 0.1) is 6.92 Å². The molecular formula is C13H20Cl2N2O. The molecule has 1 heterocycles. The standard InChI is InChI=1S/C13H18N2O.2ClH/c1-9-3-2-4-10(7-9)11-5-6-15-12(8-11)13(14)16;;/h2-4,7,11-12,15H,5-6,8H2,1H3,(H2,14,16);2*1H. The lowest BCUT2D eigenvalue weighted by Gasteiger charge is -2.28. The average Bonchev–Trinajstić information content (AvgIpc) is 2.29. The second-order valence-corrected chi connectivity index (χ2v) is 4.54. The van der Waals surface area contributed by atoms with Gasteiger partial charge < -0.3 is 11.1 Å². The van der Waals surface area contributed by atoms with Gasteiger partial charge >= 0.3 is 0 Å². The molecule has 2 atom stereocenters. The molecule has 3 N–H and O–H groups in total. The third-order valence-corrected chi connectivity index (χ3v) is 3.26. The van der Waals surface area contributed by atoms with Crippen molar-refractivity contribution >= 4 is 30.7 Å². The van der Waals surface area contributed by atoms with Gasteiger partial charge in [0.2, 0.25) is 5.91 Å². The third-order valence-electron chi connectivity index (χ3n) is 3.26. The van der Waals surface area contributed by atoms with Crippen molar-refractivity contribution in [3.05, 3.63) is 35.4 Å². The van der Waals surface area contributed by atoms with E-state index in [4.69, 9.17) is 5.73 Å². The fourth-order valence-corrected chi connectivity index (χ4v) is 2.36. The minimum absolute atomic E-state index is 0. The lowest BCUT2D eigenvalue weighted by molar-refractivity contribution is -0.120. The van der Waals surface area contributed by atoms with E-state index in [0.717, 1.165) is 19.4 Å². The zero-order valence-electron chi connectivity index (χ0n) is 10.4. The van der Waals surface area contributed by atoms with E-state index in [1.807, 2.05) is 0 Å². The fraction of sp³-hybridized carbons (Fsp3) is 0.462. The maximum Gasteiger partial charge on any atom is 0.234 e. The molecular weight excluding hydrogens is 271 g/mol. The number of nitrogens with two attached hydrogens (primary N) is 1. The van der Waals surface area contributed by atoms with Crippen LogP contribution in [-0.2, 0) is 4.79 Å². The second-order valence-electron chi connectivity index (χ2n) is 4.54. The van der Waals surface area contributed by atoms with Crippen molar-refractivity contribution in [2.45, 2.75) is 31.7 Å². The number of hydrogen-bond donors (Lipinski definition) is 2. The average molecular weight is 291 g/mol. The smallest absolute Gasteiger partial charge is 0.234 e. The normalized spacial score (nSPS) is 22.5. The van der Waals surface area contributed by atoms with E-state index in [2.05, 4.69) is 36.5 Å². The van der Waals surface area contributed by atoms with E-state index in [-0.39, 0.29) is 36.8 Å². The van der Waals surface area contributed by atoms with Crippen LogP contribution < -0.4 is 11.1 Å². The van der Waals surface area contributed by atoms with Crippen molar-refractivity contribution in [3.8, 4) is 0 Å². The third kappa shape index (κ3) is 4.16. The molecule has 0 aromatic heterocycles. The predicted octanol–water partition coefficient (Wildman–Crippen LogP) is 2.16. The molecule has 1 fully saturated rings. The van der Waals surface area contributed by atoms with Gasteiger partial charge in [0, 0.05) is 0 Å². The van der Waals surface area contributed by atoms with Gasteiger partial charge in [-0.05, 0) is 37.8 Å². The van der Waals surface area contributed by atoms with Crippen molar-refractivity contribution in [1.29, 1.82) is 0 Å². The molecule has 1 aliphatic heterocycles. The Labute approximate surface area is 120 Å². The highest BCUT2D eigenvalue weighted by atomic mass is 35.5. The number of carbonyl (C=O) groups is 1. The van der Waals surface area contributed by atoms with Crippen LogP contribution in [0.2, 0.25) is 0 Å². The summed E-state index contributed by atoms with van der Waals surface area (Å²) < 4.78 is 0. The molecule has 18 heavy (non-hydrogen) atoms. The first-order valence-electron chi connectivity index (χ1n) is 5.76. The first kappa shape index (κ1) is 17.2. The number of carbonyl (C=O) groups excluding carboxylic acids is 1. The zero-order chi connectivity index (χ0) is 11.5. The monoisotopic (exact) mass is 290 g/mol. The van der Waals surface area contributed by atoms with E-state index >= 15 is 0 Å². The highest BCUT2D eigenvalue weighted by Crippen LogP contribution is 2.27. The Bertz CT molecular complexity index is 398. The lowest BCUT2D eigenvalue weighted by Crippen LogP contribution is -2.46. The van der Waals surface area contributed by atoms with Crippen LogP contribution in [0.1, 0.15) is 29.9 Å². The molecule has 2 rings (SSSR count). The van der Waals surface area contributed by atoms with Crippen LogP contribution in [0.4, 0.5) is 0 Å². The molecule has 1 saturated heterocycles. The van der Waals surface area contributed by atoms with Gasteiger partial charge in [0.15, 0.2) is 0 Å². The van der Waals surface area contributed by atoms with Gasteiger partial charge in [0.05, 0.1) is 6.04 Å². The Morgan fingerprint density at radius 3 is 2.72 bits per heavy atom. The topological polar surface area (TPSA) is 55.1 Å². The van der Waals surface area contributed by atoms with E-state index in [1.54, 1.807) is 0 Å².